The zero-order chi connectivity index (χ0) is 16.4. The van der Waals surface area contributed by atoms with E-state index in [2.05, 4.69) is 11.8 Å². The lowest BCUT2D eigenvalue weighted by Gasteiger charge is -2.37. The topological polar surface area (TPSA) is 43.9 Å². The Morgan fingerprint density at radius 1 is 1.17 bits per heavy atom. The Bertz CT molecular complexity index is 612. The first-order valence-corrected chi connectivity index (χ1v) is 8.49. The summed E-state index contributed by atoms with van der Waals surface area (Å²) in [5, 5.41) is 0.733. The number of nitrogens with zero attached hydrogens (tertiary/aromatic N) is 3. The summed E-state index contributed by atoms with van der Waals surface area (Å²) in [7, 11) is 0. The van der Waals surface area contributed by atoms with Crippen LogP contribution in [0.5, 0.6) is 0 Å². The zero-order valence-electron chi connectivity index (χ0n) is 13.4. The number of benzene rings is 1. The highest BCUT2D eigenvalue weighted by molar-refractivity contribution is 6.30. The molecule has 2 heterocycles. The molecule has 0 radical (unpaired) electrons. The predicted octanol–water partition coefficient (Wildman–Crippen LogP) is 1.92. The maximum absolute atomic E-state index is 12.4. The van der Waals surface area contributed by atoms with Crippen molar-refractivity contribution in [2.45, 2.75) is 19.8 Å². The highest BCUT2D eigenvalue weighted by Gasteiger charge is 2.27. The molecule has 5 nitrogen and oxygen atoms in total. The Morgan fingerprint density at radius 2 is 1.91 bits per heavy atom. The molecule has 2 amide bonds. The van der Waals surface area contributed by atoms with Crippen LogP contribution in [0.4, 0.5) is 5.69 Å². The average molecular weight is 336 g/mol. The summed E-state index contributed by atoms with van der Waals surface area (Å²) in [4.78, 5) is 29.8. The van der Waals surface area contributed by atoms with Crippen LogP contribution in [0.25, 0.3) is 0 Å². The van der Waals surface area contributed by atoms with Gasteiger partial charge in [0.2, 0.25) is 11.8 Å². The van der Waals surface area contributed by atoms with Crippen LogP contribution in [-0.4, -0.2) is 60.9 Å². The number of amides is 2. The number of likely N-dealkylation sites (tertiary alicyclic amines) is 1. The Kier molecular flexibility index (Phi) is 4.76. The normalized spacial score (nSPS) is 18.7. The minimum atomic E-state index is 0.0581. The van der Waals surface area contributed by atoms with Gasteiger partial charge >= 0.3 is 0 Å². The third-order valence-electron chi connectivity index (χ3n) is 4.64. The van der Waals surface area contributed by atoms with E-state index in [0.29, 0.717) is 26.1 Å². The largest absolute Gasteiger partial charge is 0.368 e. The Morgan fingerprint density at radius 3 is 2.57 bits per heavy atom. The van der Waals surface area contributed by atoms with Crippen molar-refractivity contribution in [3.05, 3.63) is 28.8 Å². The maximum atomic E-state index is 12.4. The lowest BCUT2D eigenvalue weighted by molar-refractivity contribution is -0.138. The molecule has 1 aromatic carbocycles. The van der Waals surface area contributed by atoms with Gasteiger partial charge in [0, 0.05) is 49.9 Å². The Labute approximate surface area is 141 Å². The van der Waals surface area contributed by atoms with Crippen LogP contribution >= 0.6 is 11.6 Å². The summed E-state index contributed by atoms with van der Waals surface area (Å²) in [5.74, 6) is 0.161. The van der Waals surface area contributed by atoms with Crippen LogP contribution in [0.3, 0.4) is 0 Å². The number of piperazine rings is 1. The summed E-state index contributed by atoms with van der Waals surface area (Å²) in [6.07, 6.45) is 1.45. The van der Waals surface area contributed by atoms with Gasteiger partial charge in [0.1, 0.15) is 0 Å². The molecule has 124 valence electrons. The van der Waals surface area contributed by atoms with Crippen molar-refractivity contribution < 1.29 is 9.59 Å². The molecule has 2 fully saturated rings. The number of hydrogen-bond acceptors (Lipinski definition) is 3. The minimum absolute atomic E-state index is 0.0581. The van der Waals surface area contributed by atoms with Gasteiger partial charge in [-0.2, -0.15) is 0 Å². The fraction of sp³-hybridized carbons (Fsp3) is 0.529. The number of carbonyl (C=O) groups excluding carboxylic acids is 2. The van der Waals surface area contributed by atoms with Crippen molar-refractivity contribution in [3.63, 3.8) is 0 Å². The fourth-order valence-electron chi connectivity index (χ4n) is 3.25. The van der Waals surface area contributed by atoms with Gasteiger partial charge in [-0.3, -0.25) is 9.59 Å². The number of halogens is 1. The summed E-state index contributed by atoms with van der Waals surface area (Å²) >= 11 is 6.10. The molecule has 0 bridgehead atoms. The molecule has 2 aliphatic heterocycles. The molecule has 23 heavy (non-hydrogen) atoms. The van der Waals surface area contributed by atoms with Gasteiger partial charge in [-0.25, -0.2) is 0 Å². The van der Waals surface area contributed by atoms with Gasteiger partial charge in [-0.05, 0) is 31.0 Å². The monoisotopic (exact) mass is 335 g/mol. The van der Waals surface area contributed by atoms with Gasteiger partial charge in [-0.1, -0.05) is 17.7 Å². The summed E-state index contributed by atoms with van der Waals surface area (Å²) in [6, 6.07) is 5.90. The minimum Gasteiger partial charge on any atom is -0.368 e. The molecule has 6 heteroatoms. The first-order valence-electron chi connectivity index (χ1n) is 8.11. The molecule has 0 atom stereocenters. The molecule has 3 rings (SSSR count). The number of hydrogen-bond donors (Lipinski definition) is 0. The smallest absolute Gasteiger partial charge is 0.242 e. The second-order valence-electron chi connectivity index (χ2n) is 6.22. The van der Waals surface area contributed by atoms with E-state index in [1.54, 1.807) is 4.90 Å². The van der Waals surface area contributed by atoms with Crippen molar-refractivity contribution in [2.24, 2.45) is 0 Å². The molecular formula is C17H22ClN3O2. The Hall–Kier alpha value is -1.75. The van der Waals surface area contributed by atoms with Crippen LogP contribution in [0.1, 0.15) is 18.4 Å². The van der Waals surface area contributed by atoms with E-state index < -0.39 is 0 Å². The molecule has 0 N–H and O–H groups in total. The summed E-state index contributed by atoms with van der Waals surface area (Å²) < 4.78 is 0. The van der Waals surface area contributed by atoms with Crippen LogP contribution in [-0.2, 0) is 9.59 Å². The average Bonchev–Trinajstić information content (AvgIpc) is 2.95. The van der Waals surface area contributed by atoms with Crippen molar-refractivity contribution in [3.8, 4) is 0 Å². The van der Waals surface area contributed by atoms with Gasteiger partial charge in [0.25, 0.3) is 0 Å². The molecule has 0 saturated carbocycles. The van der Waals surface area contributed by atoms with E-state index in [4.69, 9.17) is 11.6 Å². The number of rotatable bonds is 3. The second kappa shape index (κ2) is 6.79. The van der Waals surface area contributed by atoms with Crippen molar-refractivity contribution >= 4 is 29.1 Å². The lowest BCUT2D eigenvalue weighted by Crippen LogP contribution is -2.51. The molecule has 2 saturated heterocycles. The standard InChI is InChI=1S/C17H22ClN3O2/c1-13-4-5-14(18)11-15(13)19-7-9-20(10-8-19)17(23)12-21-6-2-3-16(21)22/h4-5,11H,2-3,6-10,12H2,1H3. The maximum Gasteiger partial charge on any atom is 0.242 e. The van der Waals surface area contributed by atoms with Gasteiger partial charge in [0.15, 0.2) is 0 Å². The van der Waals surface area contributed by atoms with Crippen LogP contribution in [0.15, 0.2) is 18.2 Å². The van der Waals surface area contributed by atoms with Gasteiger partial charge < -0.3 is 14.7 Å². The molecule has 0 spiro atoms. The fourth-order valence-corrected chi connectivity index (χ4v) is 3.42. The molecule has 0 aromatic heterocycles. The molecule has 0 aliphatic carbocycles. The van der Waals surface area contributed by atoms with E-state index in [1.165, 1.54) is 5.56 Å². The molecular weight excluding hydrogens is 314 g/mol. The second-order valence-corrected chi connectivity index (χ2v) is 6.65. The molecule has 2 aliphatic rings. The van der Waals surface area contributed by atoms with Crippen LogP contribution in [0.2, 0.25) is 5.02 Å². The van der Waals surface area contributed by atoms with E-state index >= 15 is 0 Å². The number of aryl methyl sites for hydroxylation is 1. The number of carbonyl (C=O) groups is 2. The van der Waals surface area contributed by atoms with Crippen molar-refractivity contribution in [1.82, 2.24) is 9.80 Å². The third kappa shape index (κ3) is 3.61. The Balaban J connectivity index is 1.56. The van der Waals surface area contributed by atoms with Crippen molar-refractivity contribution in [2.75, 3.05) is 44.2 Å². The lowest BCUT2D eigenvalue weighted by atomic mass is 10.1. The molecule has 1 aromatic rings. The van der Waals surface area contributed by atoms with E-state index in [1.807, 2.05) is 23.1 Å². The predicted molar refractivity (Wildman–Crippen MR) is 90.8 cm³/mol. The molecule has 0 unspecified atom stereocenters. The van der Waals surface area contributed by atoms with Crippen molar-refractivity contribution in [1.29, 1.82) is 0 Å². The van der Waals surface area contributed by atoms with E-state index in [-0.39, 0.29) is 18.4 Å². The zero-order valence-corrected chi connectivity index (χ0v) is 14.2. The summed E-state index contributed by atoms with van der Waals surface area (Å²) in [5.41, 5.74) is 2.33. The van der Waals surface area contributed by atoms with E-state index in [9.17, 15) is 9.59 Å². The first-order chi connectivity index (χ1) is 11.0. The van der Waals surface area contributed by atoms with Gasteiger partial charge in [0.05, 0.1) is 6.54 Å². The van der Waals surface area contributed by atoms with E-state index in [0.717, 1.165) is 30.2 Å². The van der Waals surface area contributed by atoms with Crippen LogP contribution < -0.4 is 4.90 Å². The van der Waals surface area contributed by atoms with Gasteiger partial charge in [-0.15, -0.1) is 0 Å². The first kappa shape index (κ1) is 16.1. The SMILES string of the molecule is Cc1ccc(Cl)cc1N1CCN(C(=O)CN2CCCC2=O)CC1. The third-order valence-corrected chi connectivity index (χ3v) is 4.88. The van der Waals surface area contributed by atoms with Crippen LogP contribution in [0, 0.1) is 6.92 Å². The highest BCUT2D eigenvalue weighted by atomic mass is 35.5. The highest BCUT2D eigenvalue weighted by Crippen LogP contribution is 2.25. The number of anilines is 1. The summed E-state index contributed by atoms with van der Waals surface area (Å²) in [6.45, 7) is 5.98. The quantitative estimate of drug-likeness (QED) is 0.847.